The van der Waals surface area contributed by atoms with Gasteiger partial charge in [-0.05, 0) is 38.8 Å². The Bertz CT molecular complexity index is 600. The van der Waals surface area contributed by atoms with Crippen molar-refractivity contribution < 1.29 is 9.59 Å². The Labute approximate surface area is 137 Å². The van der Waals surface area contributed by atoms with Gasteiger partial charge in [-0.3, -0.25) is 9.59 Å². The minimum atomic E-state index is -0.0545. The fraction of sp³-hybridized carbons (Fsp3) is 0.556. The van der Waals surface area contributed by atoms with Crippen LogP contribution >= 0.6 is 0 Å². The highest BCUT2D eigenvalue weighted by atomic mass is 16.2. The molecule has 1 N–H and O–H groups in total. The molecule has 0 radical (unpaired) electrons. The molecule has 0 bridgehead atoms. The molecule has 3 rings (SSSR count). The molecule has 1 aromatic carbocycles. The Balaban J connectivity index is 1.71. The van der Waals surface area contributed by atoms with E-state index in [-0.39, 0.29) is 30.7 Å². The van der Waals surface area contributed by atoms with Crippen molar-refractivity contribution in [2.75, 3.05) is 22.9 Å². The number of hydrogen-bond donors (Lipinski definition) is 1. The number of para-hydroxylation sites is 2. The molecule has 1 aromatic rings. The number of nitrogens with zero attached hydrogens (tertiary/aromatic N) is 2. The van der Waals surface area contributed by atoms with Crippen LogP contribution in [0.4, 0.5) is 11.4 Å². The summed E-state index contributed by atoms with van der Waals surface area (Å²) in [4.78, 5) is 28.7. The minimum absolute atomic E-state index is 0.0444. The van der Waals surface area contributed by atoms with Crippen LogP contribution in [-0.4, -0.2) is 37.0 Å². The average Bonchev–Trinajstić information content (AvgIpc) is 3.00. The number of carbonyl (C=O) groups excluding carboxylic acids is 2. The molecule has 0 aromatic heterocycles. The lowest BCUT2D eigenvalue weighted by Crippen LogP contribution is -2.48. The van der Waals surface area contributed by atoms with Crippen LogP contribution in [0.3, 0.4) is 0 Å². The van der Waals surface area contributed by atoms with E-state index < -0.39 is 0 Å². The molecule has 2 heterocycles. The maximum atomic E-state index is 12.7. The summed E-state index contributed by atoms with van der Waals surface area (Å²) < 4.78 is 0. The highest BCUT2D eigenvalue weighted by Crippen LogP contribution is 2.39. The quantitative estimate of drug-likeness (QED) is 0.927. The summed E-state index contributed by atoms with van der Waals surface area (Å²) in [5.41, 5.74) is 2.14. The van der Waals surface area contributed by atoms with Crippen molar-refractivity contribution in [3.63, 3.8) is 0 Å². The number of anilines is 2. The van der Waals surface area contributed by atoms with Crippen molar-refractivity contribution in [2.24, 2.45) is 0 Å². The van der Waals surface area contributed by atoms with E-state index in [2.05, 4.69) is 16.3 Å². The molecular formula is C18H25N3O2. The summed E-state index contributed by atoms with van der Waals surface area (Å²) in [5, 5.41) is 2.84. The standard InChI is InChI=1S/C18H25N3O2/c1-13(2)19-17(22)9-10-18(23)21-12-14-6-5-11-20(14)15-7-3-4-8-16(15)21/h3-4,7-8,13-14H,5-6,9-12H2,1-2H3,(H,19,22). The number of rotatable bonds is 4. The van der Waals surface area contributed by atoms with Gasteiger partial charge in [0.2, 0.25) is 11.8 Å². The predicted molar refractivity (Wildman–Crippen MR) is 91.7 cm³/mol. The van der Waals surface area contributed by atoms with Gasteiger partial charge in [-0.1, -0.05) is 12.1 Å². The molecule has 5 heteroatoms. The van der Waals surface area contributed by atoms with Crippen molar-refractivity contribution in [1.29, 1.82) is 0 Å². The maximum absolute atomic E-state index is 12.7. The molecule has 2 aliphatic rings. The summed E-state index contributed by atoms with van der Waals surface area (Å²) in [6.45, 7) is 5.66. The maximum Gasteiger partial charge on any atom is 0.227 e. The number of hydrogen-bond acceptors (Lipinski definition) is 3. The van der Waals surface area contributed by atoms with Gasteiger partial charge in [-0.25, -0.2) is 0 Å². The predicted octanol–water partition coefficient (Wildman–Crippen LogP) is 2.31. The first kappa shape index (κ1) is 15.8. The van der Waals surface area contributed by atoms with Crippen molar-refractivity contribution in [1.82, 2.24) is 5.32 Å². The Morgan fingerprint density at radius 1 is 1.22 bits per heavy atom. The zero-order valence-electron chi connectivity index (χ0n) is 13.9. The molecule has 0 spiro atoms. The first-order chi connectivity index (χ1) is 11.1. The van der Waals surface area contributed by atoms with E-state index in [0.29, 0.717) is 6.04 Å². The number of nitrogens with one attached hydrogen (secondary N) is 1. The molecule has 0 aliphatic carbocycles. The van der Waals surface area contributed by atoms with Crippen molar-refractivity contribution in [3.05, 3.63) is 24.3 Å². The third-order valence-electron chi connectivity index (χ3n) is 4.57. The van der Waals surface area contributed by atoms with Gasteiger partial charge in [0.1, 0.15) is 0 Å². The summed E-state index contributed by atoms with van der Waals surface area (Å²) in [6.07, 6.45) is 2.83. The molecule has 1 saturated heterocycles. The Hall–Kier alpha value is -2.04. The lowest BCUT2D eigenvalue weighted by atomic mass is 10.1. The third-order valence-corrected chi connectivity index (χ3v) is 4.57. The van der Waals surface area contributed by atoms with E-state index in [1.807, 2.05) is 36.9 Å². The molecule has 23 heavy (non-hydrogen) atoms. The first-order valence-corrected chi connectivity index (χ1v) is 8.51. The van der Waals surface area contributed by atoms with Gasteiger partial charge in [-0.2, -0.15) is 0 Å². The van der Waals surface area contributed by atoms with E-state index in [0.717, 1.165) is 30.9 Å². The Morgan fingerprint density at radius 3 is 2.70 bits per heavy atom. The van der Waals surface area contributed by atoms with E-state index >= 15 is 0 Å². The van der Waals surface area contributed by atoms with Gasteiger partial charge in [0, 0.05) is 38.0 Å². The van der Waals surface area contributed by atoms with Crippen molar-refractivity contribution >= 4 is 23.2 Å². The fourth-order valence-electron chi connectivity index (χ4n) is 3.57. The number of amides is 2. The van der Waals surface area contributed by atoms with Crippen LogP contribution in [0.15, 0.2) is 24.3 Å². The van der Waals surface area contributed by atoms with E-state index in [4.69, 9.17) is 0 Å². The highest BCUT2D eigenvalue weighted by Gasteiger charge is 2.35. The van der Waals surface area contributed by atoms with Crippen molar-refractivity contribution in [3.8, 4) is 0 Å². The SMILES string of the molecule is CC(C)NC(=O)CCC(=O)N1CC2CCCN2c2ccccc21. The van der Waals surface area contributed by atoms with E-state index in [9.17, 15) is 9.59 Å². The molecule has 1 unspecified atom stereocenters. The minimum Gasteiger partial charge on any atom is -0.365 e. The fourth-order valence-corrected chi connectivity index (χ4v) is 3.57. The van der Waals surface area contributed by atoms with Crippen LogP contribution < -0.4 is 15.1 Å². The topological polar surface area (TPSA) is 52.7 Å². The van der Waals surface area contributed by atoms with Crippen LogP contribution in [0.5, 0.6) is 0 Å². The smallest absolute Gasteiger partial charge is 0.227 e. The molecule has 5 nitrogen and oxygen atoms in total. The zero-order chi connectivity index (χ0) is 16.4. The van der Waals surface area contributed by atoms with Crippen LogP contribution in [0.1, 0.15) is 39.5 Å². The van der Waals surface area contributed by atoms with Crippen molar-refractivity contribution in [2.45, 2.75) is 51.6 Å². The van der Waals surface area contributed by atoms with Gasteiger partial charge >= 0.3 is 0 Å². The zero-order valence-corrected chi connectivity index (χ0v) is 13.9. The second kappa shape index (κ2) is 6.60. The molecular weight excluding hydrogens is 290 g/mol. The monoisotopic (exact) mass is 315 g/mol. The lowest BCUT2D eigenvalue weighted by Gasteiger charge is -2.40. The van der Waals surface area contributed by atoms with Gasteiger partial charge in [0.25, 0.3) is 0 Å². The van der Waals surface area contributed by atoms with Crippen LogP contribution in [-0.2, 0) is 9.59 Å². The second-order valence-electron chi connectivity index (χ2n) is 6.70. The van der Waals surface area contributed by atoms with Gasteiger partial charge < -0.3 is 15.1 Å². The van der Waals surface area contributed by atoms with Gasteiger partial charge in [-0.15, -0.1) is 0 Å². The number of fused-ring (bicyclic) bond motifs is 3. The number of carbonyl (C=O) groups is 2. The number of benzene rings is 1. The van der Waals surface area contributed by atoms with E-state index in [1.165, 1.54) is 6.42 Å². The van der Waals surface area contributed by atoms with Crippen LogP contribution in [0, 0.1) is 0 Å². The first-order valence-electron chi connectivity index (χ1n) is 8.51. The Kier molecular flexibility index (Phi) is 4.55. The molecule has 1 atom stereocenters. The van der Waals surface area contributed by atoms with Crippen LogP contribution in [0.2, 0.25) is 0 Å². The average molecular weight is 315 g/mol. The van der Waals surface area contributed by atoms with E-state index in [1.54, 1.807) is 0 Å². The normalized spacial score (nSPS) is 19.5. The second-order valence-corrected chi connectivity index (χ2v) is 6.70. The highest BCUT2D eigenvalue weighted by molar-refractivity contribution is 5.99. The summed E-state index contributed by atoms with van der Waals surface area (Å²) in [6, 6.07) is 8.63. The summed E-state index contributed by atoms with van der Waals surface area (Å²) >= 11 is 0. The Morgan fingerprint density at radius 2 is 1.96 bits per heavy atom. The molecule has 1 fully saturated rings. The van der Waals surface area contributed by atoms with Crippen LogP contribution in [0.25, 0.3) is 0 Å². The lowest BCUT2D eigenvalue weighted by molar-refractivity contribution is -0.125. The molecule has 2 amide bonds. The molecule has 2 aliphatic heterocycles. The van der Waals surface area contributed by atoms with Gasteiger partial charge in [0.15, 0.2) is 0 Å². The molecule has 0 saturated carbocycles. The summed E-state index contributed by atoms with van der Waals surface area (Å²) in [5.74, 6) is -0.0101. The largest absolute Gasteiger partial charge is 0.365 e. The van der Waals surface area contributed by atoms with Gasteiger partial charge in [0.05, 0.1) is 11.4 Å². The third kappa shape index (κ3) is 3.33. The molecule has 124 valence electrons. The summed E-state index contributed by atoms with van der Waals surface area (Å²) in [7, 11) is 0.